The highest BCUT2D eigenvalue weighted by Gasteiger charge is 2.29. The van der Waals surface area contributed by atoms with Gasteiger partial charge in [0, 0.05) is 57.1 Å². The molecule has 1 aromatic carbocycles. The number of benzene rings is 1. The molecule has 3 aromatic rings. The van der Waals surface area contributed by atoms with Crippen molar-refractivity contribution in [3.8, 4) is 0 Å². The van der Waals surface area contributed by atoms with Gasteiger partial charge in [0.1, 0.15) is 11.4 Å². The Bertz CT molecular complexity index is 1080. The summed E-state index contributed by atoms with van der Waals surface area (Å²) in [6, 6.07) is 5.77. The van der Waals surface area contributed by atoms with Crippen molar-refractivity contribution in [2.75, 3.05) is 13.1 Å². The van der Waals surface area contributed by atoms with Crippen molar-refractivity contribution in [1.29, 1.82) is 0 Å². The summed E-state index contributed by atoms with van der Waals surface area (Å²) < 4.78 is 3.88. The van der Waals surface area contributed by atoms with E-state index < -0.39 is 0 Å². The number of hydrogen-bond acceptors (Lipinski definition) is 3. The molecular formula is C21H24N4O2. The Hall–Kier alpha value is -2.89. The third kappa shape index (κ3) is 3.05. The Morgan fingerprint density at radius 3 is 2.78 bits per heavy atom. The van der Waals surface area contributed by atoms with Crippen LogP contribution in [0.2, 0.25) is 0 Å². The van der Waals surface area contributed by atoms with Crippen LogP contribution in [-0.4, -0.2) is 38.0 Å². The topological polar surface area (TPSA) is 60.1 Å². The van der Waals surface area contributed by atoms with Crippen molar-refractivity contribution in [1.82, 2.24) is 19.0 Å². The summed E-state index contributed by atoms with van der Waals surface area (Å²) in [5.41, 5.74) is 1.91. The first kappa shape index (κ1) is 17.5. The van der Waals surface area contributed by atoms with Crippen LogP contribution in [0.5, 0.6) is 0 Å². The van der Waals surface area contributed by atoms with Gasteiger partial charge in [0.15, 0.2) is 0 Å². The zero-order valence-corrected chi connectivity index (χ0v) is 16.0. The second kappa shape index (κ2) is 6.68. The van der Waals surface area contributed by atoms with E-state index in [1.165, 1.54) is 0 Å². The van der Waals surface area contributed by atoms with Gasteiger partial charge in [-0.05, 0) is 31.9 Å². The molecular weight excluding hydrogens is 340 g/mol. The molecule has 0 N–H and O–H groups in total. The summed E-state index contributed by atoms with van der Waals surface area (Å²) in [4.78, 5) is 32.4. The van der Waals surface area contributed by atoms with E-state index in [4.69, 9.17) is 0 Å². The Kier molecular flexibility index (Phi) is 4.34. The normalized spacial score (nSPS) is 17.4. The molecule has 0 bridgehead atoms. The van der Waals surface area contributed by atoms with Crippen molar-refractivity contribution in [3.63, 3.8) is 0 Å². The van der Waals surface area contributed by atoms with Gasteiger partial charge in [-0.3, -0.25) is 9.59 Å². The molecule has 1 aliphatic rings. The minimum absolute atomic E-state index is 0.182. The van der Waals surface area contributed by atoms with Crippen LogP contribution in [0, 0.1) is 6.92 Å². The first-order valence-corrected chi connectivity index (χ1v) is 9.32. The van der Waals surface area contributed by atoms with E-state index in [-0.39, 0.29) is 22.8 Å². The minimum atomic E-state index is -0.184. The van der Waals surface area contributed by atoms with Crippen LogP contribution in [-0.2, 0) is 14.1 Å². The number of rotatable bonds is 2. The quantitative estimate of drug-likeness (QED) is 0.702. The predicted octanol–water partition coefficient (Wildman–Crippen LogP) is 2.60. The number of fused-ring (bicyclic) bond motifs is 1. The fourth-order valence-corrected chi connectivity index (χ4v) is 4.07. The smallest absolute Gasteiger partial charge is 0.259 e. The summed E-state index contributed by atoms with van der Waals surface area (Å²) in [6.45, 7) is 3.23. The zero-order valence-electron chi connectivity index (χ0n) is 16.0. The highest BCUT2D eigenvalue weighted by atomic mass is 16.2. The van der Waals surface area contributed by atoms with E-state index in [0.717, 1.165) is 29.7 Å². The first-order chi connectivity index (χ1) is 13.0. The molecule has 1 saturated heterocycles. The van der Waals surface area contributed by atoms with Crippen LogP contribution in [0.15, 0.2) is 41.6 Å². The maximum Gasteiger partial charge on any atom is 0.259 e. The molecule has 0 saturated carbocycles. The SMILES string of the molecule is Cc1ccc2c(c1)c(=O)c(C(=O)N1CCC[C@H](c3nccn3C)C1)cn2C. The summed E-state index contributed by atoms with van der Waals surface area (Å²) >= 11 is 0. The zero-order chi connectivity index (χ0) is 19.1. The fraction of sp³-hybridized carbons (Fsp3) is 0.381. The molecule has 3 heterocycles. The van der Waals surface area contributed by atoms with Crippen LogP contribution >= 0.6 is 0 Å². The molecule has 1 atom stereocenters. The number of hydrogen-bond donors (Lipinski definition) is 0. The molecule has 1 fully saturated rings. The molecule has 6 heteroatoms. The molecule has 4 rings (SSSR count). The van der Waals surface area contributed by atoms with Crippen molar-refractivity contribution in [3.05, 3.63) is 64.0 Å². The number of likely N-dealkylation sites (tertiary alicyclic amines) is 1. The molecule has 140 valence electrons. The number of carbonyl (C=O) groups excluding carboxylic acids is 1. The van der Waals surface area contributed by atoms with Crippen LogP contribution in [0.25, 0.3) is 10.9 Å². The molecule has 0 aliphatic carbocycles. The summed E-state index contributed by atoms with van der Waals surface area (Å²) in [5, 5.41) is 0.598. The average molecular weight is 364 g/mol. The number of aromatic nitrogens is 3. The number of piperidine rings is 1. The lowest BCUT2D eigenvalue weighted by Gasteiger charge is -2.32. The molecule has 6 nitrogen and oxygen atoms in total. The van der Waals surface area contributed by atoms with E-state index in [1.807, 2.05) is 54.5 Å². The Morgan fingerprint density at radius 1 is 1.22 bits per heavy atom. The molecule has 0 radical (unpaired) electrons. The van der Waals surface area contributed by atoms with Crippen LogP contribution in [0.1, 0.15) is 40.5 Å². The van der Waals surface area contributed by atoms with Gasteiger partial charge >= 0.3 is 0 Å². The maximum absolute atomic E-state index is 13.2. The van der Waals surface area contributed by atoms with E-state index in [1.54, 1.807) is 17.3 Å². The van der Waals surface area contributed by atoms with Crippen LogP contribution in [0.3, 0.4) is 0 Å². The molecule has 0 spiro atoms. The van der Waals surface area contributed by atoms with Gasteiger partial charge in [-0.1, -0.05) is 11.6 Å². The van der Waals surface area contributed by atoms with E-state index >= 15 is 0 Å². The number of imidazole rings is 1. The molecule has 1 amide bonds. The average Bonchev–Trinajstić information content (AvgIpc) is 3.10. The number of pyridine rings is 1. The highest BCUT2D eigenvalue weighted by molar-refractivity contribution is 5.97. The van der Waals surface area contributed by atoms with Gasteiger partial charge in [0.2, 0.25) is 5.43 Å². The fourth-order valence-electron chi connectivity index (χ4n) is 4.07. The predicted molar refractivity (Wildman–Crippen MR) is 105 cm³/mol. The maximum atomic E-state index is 13.2. The number of nitrogens with zero attached hydrogens (tertiary/aromatic N) is 4. The number of amides is 1. The first-order valence-electron chi connectivity index (χ1n) is 9.32. The standard InChI is InChI=1S/C21H24N4O2/c1-14-6-7-18-16(11-14)19(26)17(13-24(18)3)21(27)25-9-4-5-15(12-25)20-22-8-10-23(20)2/h6-8,10-11,13,15H,4-5,9,12H2,1-3H3/t15-/m0/s1. The third-order valence-electron chi connectivity index (χ3n) is 5.51. The lowest BCUT2D eigenvalue weighted by Crippen LogP contribution is -2.41. The van der Waals surface area contributed by atoms with Crippen molar-refractivity contribution >= 4 is 16.8 Å². The van der Waals surface area contributed by atoms with Gasteiger partial charge in [-0.15, -0.1) is 0 Å². The van der Waals surface area contributed by atoms with E-state index in [0.29, 0.717) is 18.5 Å². The molecule has 2 aromatic heterocycles. The van der Waals surface area contributed by atoms with Gasteiger partial charge in [-0.2, -0.15) is 0 Å². The van der Waals surface area contributed by atoms with E-state index in [9.17, 15) is 9.59 Å². The van der Waals surface area contributed by atoms with Crippen molar-refractivity contribution < 1.29 is 4.79 Å². The highest BCUT2D eigenvalue weighted by Crippen LogP contribution is 2.26. The molecule has 27 heavy (non-hydrogen) atoms. The van der Waals surface area contributed by atoms with Gasteiger partial charge in [0.05, 0.1) is 5.52 Å². The number of aryl methyl sites for hydroxylation is 3. The van der Waals surface area contributed by atoms with Gasteiger partial charge in [0.25, 0.3) is 5.91 Å². The van der Waals surface area contributed by atoms with Crippen molar-refractivity contribution in [2.24, 2.45) is 14.1 Å². The second-order valence-corrected chi connectivity index (χ2v) is 7.49. The van der Waals surface area contributed by atoms with Crippen LogP contribution in [0.4, 0.5) is 0 Å². The molecule has 0 unspecified atom stereocenters. The monoisotopic (exact) mass is 364 g/mol. The molecule has 1 aliphatic heterocycles. The largest absolute Gasteiger partial charge is 0.350 e. The van der Waals surface area contributed by atoms with Crippen LogP contribution < -0.4 is 5.43 Å². The Labute approximate surface area is 158 Å². The third-order valence-corrected chi connectivity index (χ3v) is 5.51. The Morgan fingerprint density at radius 2 is 2.04 bits per heavy atom. The summed E-state index contributed by atoms with van der Waals surface area (Å²) in [6.07, 6.45) is 7.31. The lowest BCUT2D eigenvalue weighted by molar-refractivity contribution is 0.0701. The van der Waals surface area contributed by atoms with Gasteiger partial charge in [-0.25, -0.2) is 4.98 Å². The van der Waals surface area contributed by atoms with Crippen molar-refractivity contribution in [2.45, 2.75) is 25.7 Å². The lowest BCUT2D eigenvalue weighted by atomic mass is 9.96. The second-order valence-electron chi connectivity index (χ2n) is 7.49. The van der Waals surface area contributed by atoms with E-state index in [2.05, 4.69) is 4.98 Å². The minimum Gasteiger partial charge on any atom is -0.350 e. The summed E-state index contributed by atoms with van der Waals surface area (Å²) in [5.74, 6) is 1.02. The Balaban J connectivity index is 1.69. The summed E-state index contributed by atoms with van der Waals surface area (Å²) in [7, 11) is 3.85. The van der Waals surface area contributed by atoms with Gasteiger partial charge < -0.3 is 14.0 Å². The number of carbonyl (C=O) groups is 1.